The molecule has 2 aliphatic rings. The Kier molecular flexibility index (Phi) is 8.77. The van der Waals surface area contributed by atoms with Crippen LogP contribution in [-0.4, -0.2) is 72.6 Å². The zero-order chi connectivity index (χ0) is 31.9. The van der Waals surface area contributed by atoms with Gasteiger partial charge in [0.15, 0.2) is 16.9 Å². The molecule has 2 saturated heterocycles. The van der Waals surface area contributed by atoms with Gasteiger partial charge < -0.3 is 19.1 Å². The van der Waals surface area contributed by atoms with Crippen LogP contribution in [-0.2, 0) is 22.3 Å². The van der Waals surface area contributed by atoms with Crippen LogP contribution >= 0.6 is 11.6 Å². The topological polar surface area (TPSA) is 117 Å². The summed E-state index contributed by atoms with van der Waals surface area (Å²) < 4.78 is 35.6. The van der Waals surface area contributed by atoms with Gasteiger partial charge in [0.05, 0.1) is 60.0 Å². The number of rotatable bonds is 8. The van der Waals surface area contributed by atoms with Crippen LogP contribution in [0, 0.1) is 12.3 Å². The van der Waals surface area contributed by atoms with Crippen LogP contribution in [0.5, 0.6) is 17.4 Å². The normalized spacial score (nSPS) is 20.6. The van der Waals surface area contributed by atoms with Gasteiger partial charge in [-0.1, -0.05) is 23.7 Å². The molecule has 1 spiro atoms. The molecule has 0 saturated carbocycles. The van der Waals surface area contributed by atoms with Gasteiger partial charge in [-0.3, -0.25) is 4.98 Å². The van der Waals surface area contributed by atoms with E-state index < -0.39 is 11.0 Å². The van der Waals surface area contributed by atoms with Gasteiger partial charge in [-0.2, -0.15) is 0 Å². The fourth-order valence-corrected chi connectivity index (χ4v) is 7.16. The summed E-state index contributed by atoms with van der Waals surface area (Å²) in [5.74, 6) is 2.33. The van der Waals surface area contributed by atoms with Crippen molar-refractivity contribution < 1.29 is 18.4 Å². The van der Waals surface area contributed by atoms with Crippen LogP contribution in [0.3, 0.4) is 0 Å². The van der Waals surface area contributed by atoms with Crippen molar-refractivity contribution >= 4 is 39.6 Å². The van der Waals surface area contributed by atoms with Gasteiger partial charge in [0.2, 0.25) is 0 Å². The molecule has 6 rings (SSSR count). The van der Waals surface area contributed by atoms with E-state index in [4.69, 9.17) is 40.9 Å². The summed E-state index contributed by atoms with van der Waals surface area (Å²) in [6.45, 7) is 12.5. The lowest BCUT2D eigenvalue weighted by atomic mass is 9.73. The smallest absolute Gasteiger partial charge is 0.266 e. The van der Waals surface area contributed by atoms with Gasteiger partial charge in [0.25, 0.3) is 5.88 Å². The molecule has 3 atom stereocenters. The quantitative estimate of drug-likeness (QED) is 0.265. The molecule has 0 bridgehead atoms. The molecule has 5 heterocycles. The highest BCUT2D eigenvalue weighted by Crippen LogP contribution is 2.43. The summed E-state index contributed by atoms with van der Waals surface area (Å²) >= 11 is 6.50. The number of pyridine rings is 1. The molecule has 11 nitrogen and oxygen atoms in total. The number of benzene rings is 1. The largest absolute Gasteiger partial charge is 0.497 e. The minimum Gasteiger partial charge on any atom is -0.497 e. The first-order chi connectivity index (χ1) is 21.5. The van der Waals surface area contributed by atoms with Gasteiger partial charge in [0.1, 0.15) is 16.6 Å². The van der Waals surface area contributed by atoms with Crippen LogP contribution in [0.25, 0.3) is 11.2 Å². The maximum Gasteiger partial charge on any atom is 0.266 e. The van der Waals surface area contributed by atoms with Gasteiger partial charge >= 0.3 is 0 Å². The number of anilines is 1. The lowest BCUT2D eigenvalue weighted by Crippen LogP contribution is -2.55. The van der Waals surface area contributed by atoms with Crippen molar-refractivity contribution in [2.24, 2.45) is 5.41 Å². The highest BCUT2D eigenvalue weighted by atomic mass is 35.5. The standard InChI is InChI=1S/C32H40ClN7O4S/c1-20-26(33)24(11-14-34-20)44-30-27-29(40(37-30)18-22-7-9-23(42-6)10-8-22)36-25(17-35-27)39-15-12-32(13-16-39)19-43-21(2)28(32)38-45(41)31(3,4)5/h7-11,14,17,21,28,38H,12-13,15-16,18-19H2,1-6H3/t21-,28+,45?/m0/s1. The summed E-state index contributed by atoms with van der Waals surface area (Å²) in [5.41, 5.74) is 2.75. The first-order valence-electron chi connectivity index (χ1n) is 15.2. The predicted octanol–water partition coefficient (Wildman–Crippen LogP) is 5.46. The Labute approximate surface area is 271 Å². The van der Waals surface area contributed by atoms with Crippen LogP contribution < -0.4 is 19.1 Å². The van der Waals surface area contributed by atoms with Crippen LogP contribution in [0.4, 0.5) is 5.82 Å². The monoisotopic (exact) mass is 653 g/mol. The third-order valence-electron chi connectivity index (χ3n) is 8.76. The number of methoxy groups -OCH3 is 1. The summed E-state index contributed by atoms with van der Waals surface area (Å²) in [4.78, 5) is 16.4. The average molecular weight is 654 g/mol. The Balaban J connectivity index is 1.28. The number of ether oxygens (including phenoxy) is 3. The first kappa shape index (κ1) is 31.7. The van der Waals surface area contributed by atoms with E-state index in [9.17, 15) is 4.21 Å². The van der Waals surface area contributed by atoms with Gasteiger partial charge in [-0.05, 0) is 65.2 Å². The van der Waals surface area contributed by atoms with Crippen LogP contribution in [0.2, 0.25) is 5.02 Å². The minimum absolute atomic E-state index is 0.0117. The lowest BCUT2D eigenvalue weighted by molar-refractivity contribution is 0.0973. The molecule has 45 heavy (non-hydrogen) atoms. The molecular weight excluding hydrogens is 614 g/mol. The van der Waals surface area contributed by atoms with Crippen molar-refractivity contribution in [3.05, 3.63) is 59.0 Å². The van der Waals surface area contributed by atoms with Gasteiger partial charge in [-0.15, -0.1) is 5.10 Å². The third kappa shape index (κ3) is 6.38. The molecule has 2 fully saturated rings. The Bertz CT molecular complexity index is 1700. The molecule has 13 heteroatoms. The third-order valence-corrected chi connectivity index (χ3v) is 10.8. The second-order valence-corrected chi connectivity index (χ2v) is 15.2. The van der Waals surface area contributed by atoms with Gasteiger partial charge in [0, 0.05) is 30.8 Å². The zero-order valence-electron chi connectivity index (χ0n) is 26.5. The Morgan fingerprint density at radius 3 is 2.58 bits per heavy atom. The van der Waals surface area contributed by atoms with Gasteiger partial charge in [-0.25, -0.2) is 23.6 Å². The molecule has 1 N–H and O–H groups in total. The highest BCUT2D eigenvalue weighted by Gasteiger charge is 2.50. The van der Waals surface area contributed by atoms with E-state index in [0.717, 1.165) is 43.1 Å². The fraction of sp³-hybridized carbons (Fsp3) is 0.500. The number of nitrogens with zero attached hydrogens (tertiary/aromatic N) is 6. The zero-order valence-corrected chi connectivity index (χ0v) is 28.1. The molecule has 4 aromatic rings. The van der Waals surface area contributed by atoms with Crippen molar-refractivity contribution in [1.29, 1.82) is 0 Å². The highest BCUT2D eigenvalue weighted by molar-refractivity contribution is 7.84. The van der Waals surface area contributed by atoms with Crippen molar-refractivity contribution in [2.75, 3.05) is 31.7 Å². The number of piperidine rings is 1. The molecule has 0 amide bonds. The number of aromatic nitrogens is 5. The summed E-state index contributed by atoms with van der Waals surface area (Å²) in [7, 11) is 0.468. The fourth-order valence-electron chi connectivity index (χ4n) is 5.98. The Morgan fingerprint density at radius 2 is 1.89 bits per heavy atom. The second-order valence-electron chi connectivity index (χ2n) is 12.9. The first-order valence-corrected chi connectivity index (χ1v) is 16.7. The summed E-state index contributed by atoms with van der Waals surface area (Å²) in [5, 5.41) is 5.21. The maximum atomic E-state index is 13.0. The summed E-state index contributed by atoms with van der Waals surface area (Å²) in [6.07, 6.45) is 5.19. The van der Waals surface area contributed by atoms with E-state index in [2.05, 4.69) is 21.5 Å². The predicted molar refractivity (Wildman–Crippen MR) is 176 cm³/mol. The van der Waals surface area contributed by atoms with E-state index >= 15 is 0 Å². The van der Waals surface area contributed by atoms with E-state index in [1.807, 2.05) is 56.6 Å². The maximum absolute atomic E-state index is 13.0. The number of hydrogen-bond donors (Lipinski definition) is 1. The second kappa shape index (κ2) is 12.5. The number of nitrogens with one attached hydrogen (secondary N) is 1. The van der Waals surface area contributed by atoms with Crippen LogP contribution in [0.1, 0.15) is 51.8 Å². The molecule has 0 aliphatic carbocycles. The molecule has 2 aliphatic heterocycles. The SMILES string of the molecule is COc1ccc(Cn2nc(Oc3ccnc(C)c3Cl)c3ncc(N4CCC5(CC4)CO[C@@H](C)[C@H]5NS(=O)C(C)(C)C)nc32)cc1. The molecule has 1 aromatic carbocycles. The number of aryl methyl sites for hydroxylation is 1. The average Bonchev–Trinajstić information content (AvgIpc) is 3.51. The molecular formula is C32H40ClN7O4S. The molecule has 1 unspecified atom stereocenters. The van der Waals surface area contributed by atoms with E-state index in [0.29, 0.717) is 46.7 Å². The minimum atomic E-state index is -1.18. The molecule has 0 radical (unpaired) electrons. The van der Waals surface area contributed by atoms with Crippen molar-refractivity contribution in [2.45, 2.75) is 70.9 Å². The van der Waals surface area contributed by atoms with E-state index in [-0.39, 0.29) is 22.3 Å². The molecule has 3 aromatic heterocycles. The number of hydrogen-bond acceptors (Lipinski definition) is 9. The van der Waals surface area contributed by atoms with Crippen molar-refractivity contribution in [3.8, 4) is 17.4 Å². The van der Waals surface area contributed by atoms with E-state index in [1.54, 1.807) is 25.6 Å². The molecule has 240 valence electrons. The lowest BCUT2D eigenvalue weighted by Gasteiger charge is -2.43. The summed E-state index contributed by atoms with van der Waals surface area (Å²) in [6, 6.07) is 9.57. The van der Waals surface area contributed by atoms with Crippen molar-refractivity contribution in [1.82, 2.24) is 29.5 Å². The van der Waals surface area contributed by atoms with Crippen LogP contribution in [0.15, 0.2) is 42.7 Å². The Morgan fingerprint density at radius 1 is 1.16 bits per heavy atom. The Hall–Kier alpha value is -3.32. The van der Waals surface area contributed by atoms with Crippen molar-refractivity contribution in [3.63, 3.8) is 0 Å². The number of halogens is 1. The number of fused-ring (bicyclic) bond motifs is 1. The van der Waals surface area contributed by atoms with E-state index in [1.165, 1.54) is 0 Å².